The highest BCUT2D eigenvalue weighted by atomic mass is 16.2. The van der Waals surface area contributed by atoms with Crippen molar-refractivity contribution in [1.82, 2.24) is 14.5 Å². The second-order valence-corrected chi connectivity index (χ2v) is 4.91. The van der Waals surface area contributed by atoms with Crippen LogP contribution in [0.3, 0.4) is 0 Å². The van der Waals surface area contributed by atoms with Crippen LogP contribution in [0.2, 0.25) is 0 Å². The van der Waals surface area contributed by atoms with Crippen LogP contribution in [0, 0.1) is 6.92 Å². The van der Waals surface area contributed by atoms with Gasteiger partial charge >= 0.3 is 5.69 Å². The van der Waals surface area contributed by atoms with Crippen molar-refractivity contribution in [2.75, 3.05) is 5.73 Å². The lowest BCUT2D eigenvalue weighted by molar-refractivity contribution is 0.726. The molecule has 0 spiro atoms. The Morgan fingerprint density at radius 2 is 2.05 bits per heavy atom. The quantitative estimate of drug-likeness (QED) is 0.734. The Bertz CT molecular complexity index is 940. The van der Waals surface area contributed by atoms with Crippen molar-refractivity contribution >= 4 is 16.6 Å². The maximum Gasteiger partial charge on any atom is 0.328 e. The third kappa shape index (κ3) is 2.43. The summed E-state index contributed by atoms with van der Waals surface area (Å²) in [5.41, 5.74) is 7.24. The van der Waals surface area contributed by atoms with E-state index in [4.69, 9.17) is 5.73 Å². The fraction of sp³-hybridized carbons (Fsp3) is 0.133. The van der Waals surface area contributed by atoms with Crippen LogP contribution < -0.4 is 17.0 Å². The summed E-state index contributed by atoms with van der Waals surface area (Å²) in [6, 6.07) is 9.65. The standard InChI is InChI=1S/C15H14N4O2/c1-9-6-10(11-4-2-3-5-13(11)17-9)7-19-8-12(16)14(20)18-15(19)21/h2-6,8H,7,16H2,1H3,(H,18,20,21). The average molecular weight is 282 g/mol. The van der Waals surface area contributed by atoms with Gasteiger partial charge in [-0.15, -0.1) is 0 Å². The fourth-order valence-electron chi connectivity index (χ4n) is 2.35. The number of hydrogen-bond acceptors (Lipinski definition) is 4. The molecule has 0 bridgehead atoms. The van der Waals surface area contributed by atoms with Gasteiger partial charge in [-0.05, 0) is 24.6 Å². The number of aryl methyl sites for hydroxylation is 1. The van der Waals surface area contributed by atoms with Gasteiger partial charge in [-0.3, -0.25) is 19.3 Å². The van der Waals surface area contributed by atoms with E-state index in [-0.39, 0.29) is 5.69 Å². The number of para-hydroxylation sites is 1. The summed E-state index contributed by atoms with van der Waals surface area (Å²) in [4.78, 5) is 29.8. The largest absolute Gasteiger partial charge is 0.393 e. The van der Waals surface area contributed by atoms with Gasteiger partial charge in [0.25, 0.3) is 5.56 Å². The SMILES string of the molecule is Cc1cc(Cn2cc(N)c(=O)[nH]c2=O)c2ccccc2n1. The lowest BCUT2D eigenvalue weighted by Crippen LogP contribution is -2.31. The molecule has 1 aromatic carbocycles. The third-order valence-electron chi connectivity index (χ3n) is 3.31. The minimum atomic E-state index is -0.563. The minimum absolute atomic E-state index is 0.0182. The highest BCUT2D eigenvalue weighted by Crippen LogP contribution is 2.18. The van der Waals surface area contributed by atoms with Gasteiger partial charge in [-0.1, -0.05) is 18.2 Å². The average Bonchev–Trinajstić information content (AvgIpc) is 2.44. The van der Waals surface area contributed by atoms with Crippen molar-refractivity contribution in [3.05, 3.63) is 68.6 Å². The molecule has 0 radical (unpaired) electrons. The number of aromatic amines is 1. The second kappa shape index (κ2) is 4.90. The smallest absolute Gasteiger partial charge is 0.328 e. The van der Waals surface area contributed by atoms with E-state index >= 15 is 0 Å². The normalized spacial score (nSPS) is 10.9. The third-order valence-corrected chi connectivity index (χ3v) is 3.31. The number of nitrogens with zero attached hydrogens (tertiary/aromatic N) is 2. The number of hydrogen-bond donors (Lipinski definition) is 2. The van der Waals surface area contributed by atoms with Crippen LogP contribution in [0.15, 0.2) is 46.1 Å². The molecule has 6 heteroatoms. The summed E-state index contributed by atoms with van der Waals surface area (Å²) < 4.78 is 1.39. The topological polar surface area (TPSA) is 93.8 Å². The van der Waals surface area contributed by atoms with Crippen molar-refractivity contribution in [2.24, 2.45) is 0 Å². The van der Waals surface area contributed by atoms with Crippen LogP contribution >= 0.6 is 0 Å². The molecule has 0 atom stereocenters. The van der Waals surface area contributed by atoms with E-state index in [1.165, 1.54) is 10.8 Å². The number of aromatic nitrogens is 3. The van der Waals surface area contributed by atoms with E-state index in [9.17, 15) is 9.59 Å². The summed E-state index contributed by atoms with van der Waals surface area (Å²) >= 11 is 0. The maximum absolute atomic E-state index is 11.9. The van der Waals surface area contributed by atoms with E-state index in [2.05, 4.69) is 9.97 Å². The molecule has 21 heavy (non-hydrogen) atoms. The van der Waals surface area contributed by atoms with Gasteiger partial charge in [0.15, 0.2) is 0 Å². The zero-order valence-electron chi connectivity index (χ0n) is 11.5. The first-order valence-electron chi connectivity index (χ1n) is 6.49. The van der Waals surface area contributed by atoms with Crippen LogP contribution in [0.4, 0.5) is 5.69 Å². The molecule has 2 aromatic heterocycles. The summed E-state index contributed by atoms with van der Waals surface area (Å²) in [7, 11) is 0. The number of rotatable bonds is 2. The van der Waals surface area contributed by atoms with E-state index in [0.29, 0.717) is 6.54 Å². The molecule has 0 fully saturated rings. The van der Waals surface area contributed by atoms with Crippen LogP contribution in [0.1, 0.15) is 11.3 Å². The second-order valence-electron chi connectivity index (χ2n) is 4.91. The molecular formula is C15H14N4O2. The number of nitrogen functional groups attached to an aromatic ring is 1. The first-order valence-corrected chi connectivity index (χ1v) is 6.49. The van der Waals surface area contributed by atoms with Gasteiger partial charge in [0.1, 0.15) is 5.69 Å². The van der Waals surface area contributed by atoms with Gasteiger partial charge in [0.2, 0.25) is 0 Å². The summed E-state index contributed by atoms with van der Waals surface area (Å²) in [5.74, 6) is 0. The molecule has 3 rings (SSSR count). The zero-order chi connectivity index (χ0) is 15.0. The van der Waals surface area contributed by atoms with Gasteiger partial charge < -0.3 is 5.73 Å². The van der Waals surface area contributed by atoms with Gasteiger partial charge in [-0.2, -0.15) is 0 Å². The van der Waals surface area contributed by atoms with Crippen LogP contribution in [0.25, 0.3) is 10.9 Å². The molecule has 0 saturated heterocycles. The number of benzene rings is 1. The maximum atomic E-state index is 11.9. The highest BCUT2D eigenvalue weighted by Gasteiger charge is 2.07. The predicted octanol–water partition coefficient (Wildman–Crippen LogP) is 1.02. The van der Waals surface area contributed by atoms with E-state index in [0.717, 1.165) is 22.2 Å². The molecular weight excluding hydrogens is 268 g/mol. The summed E-state index contributed by atoms with van der Waals surface area (Å²) in [6.45, 7) is 2.23. The predicted molar refractivity (Wildman–Crippen MR) is 81.3 cm³/mol. The van der Waals surface area contributed by atoms with Crippen molar-refractivity contribution in [2.45, 2.75) is 13.5 Å². The Labute approximate surface area is 119 Å². The van der Waals surface area contributed by atoms with Gasteiger partial charge in [-0.25, -0.2) is 4.79 Å². The Balaban J connectivity index is 2.16. The lowest BCUT2D eigenvalue weighted by Gasteiger charge is -2.10. The van der Waals surface area contributed by atoms with Gasteiger partial charge in [0.05, 0.1) is 12.1 Å². The first kappa shape index (κ1) is 13.1. The first-order chi connectivity index (χ1) is 10.0. The molecule has 6 nitrogen and oxygen atoms in total. The van der Waals surface area contributed by atoms with Crippen molar-refractivity contribution < 1.29 is 0 Å². The Kier molecular flexibility index (Phi) is 3.06. The Morgan fingerprint density at radius 3 is 2.86 bits per heavy atom. The number of anilines is 1. The van der Waals surface area contributed by atoms with Gasteiger partial charge in [0, 0.05) is 17.3 Å². The molecule has 0 aliphatic heterocycles. The van der Waals surface area contributed by atoms with Crippen LogP contribution in [-0.4, -0.2) is 14.5 Å². The molecule has 0 aliphatic carbocycles. The number of nitrogens with one attached hydrogen (secondary N) is 1. The van der Waals surface area contributed by atoms with Crippen LogP contribution in [-0.2, 0) is 6.54 Å². The highest BCUT2D eigenvalue weighted by molar-refractivity contribution is 5.82. The molecule has 0 amide bonds. The molecule has 0 saturated carbocycles. The molecule has 0 unspecified atom stereocenters. The molecule has 3 aromatic rings. The Morgan fingerprint density at radius 1 is 1.29 bits per heavy atom. The molecule has 2 heterocycles. The summed E-state index contributed by atoms with van der Waals surface area (Å²) in [6.07, 6.45) is 1.37. The monoisotopic (exact) mass is 282 g/mol. The van der Waals surface area contributed by atoms with Crippen molar-refractivity contribution in [3.8, 4) is 0 Å². The lowest BCUT2D eigenvalue weighted by atomic mass is 10.1. The minimum Gasteiger partial charge on any atom is -0.393 e. The van der Waals surface area contributed by atoms with E-state index in [1.54, 1.807) is 0 Å². The van der Waals surface area contributed by atoms with E-state index < -0.39 is 11.2 Å². The van der Waals surface area contributed by atoms with Crippen molar-refractivity contribution in [1.29, 1.82) is 0 Å². The molecule has 0 aliphatic rings. The summed E-state index contributed by atoms with van der Waals surface area (Å²) in [5, 5.41) is 0.972. The number of pyridine rings is 1. The molecule has 106 valence electrons. The Hall–Kier alpha value is -2.89. The van der Waals surface area contributed by atoms with Crippen molar-refractivity contribution in [3.63, 3.8) is 0 Å². The number of H-pyrrole nitrogens is 1. The molecule has 3 N–H and O–H groups in total. The zero-order valence-corrected chi connectivity index (χ0v) is 11.5. The number of fused-ring (bicyclic) bond motifs is 1. The van der Waals surface area contributed by atoms with Crippen LogP contribution in [0.5, 0.6) is 0 Å². The number of nitrogens with two attached hydrogens (primary N) is 1. The fourth-order valence-corrected chi connectivity index (χ4v) is 2.35. The van der Waals surface area contributed by atoms with E-state index in [1.807, 2.05) is 37.3 Å².